The van der Waals surface area contributed by atoms with Gasteiger partial charge >= 0.3 is 0 Å². The zero-order valence-electron chi connectivity index (χ0n) is 13.2. The van der Waals surface area contributed by atoms with Gasteiger partial charge in [-0.25, -0.2) is 0 Å². The summed E-state index contributed by atoms with van der Waals surface area (Å²) in [5.41, 5.74) is 5.80. The van der Waals surface area contributed by atoms with Crippen LogP contribution in [0.15, 0.2) is 0 Å². The third-order valence-electron chi connectivity index (χ3n) is 4.99. The summed E-state index contributed by atoms with van der Waals surface area (Å²) in [7, 11) is 0. The highest BCUT2D eigenvalue weighted by molar-refractivity contribution is 5.79. The van der Waals surface area contributed by atoms with E-state index in [4.69, 9.17) is 5.73 Å². The molecule has 0 bridgehead atoms. The number of hydrogen-bond donors (Lipinski definition) is 1. The van der Waals surface area contributed by atoms with Crippen molar-refractivity contribution in [2.75, 3.05) is 39.3 Å². The molecule has 2 rings (SSSR count). The first-order chi connectivity index (χ1) is 9.61. The molecule has 1 amide bonds. The predicted molar refractivity (Wildman–Crippen MR) is 82.4 cm³/mol. The molecule has 1 saturated heterocycles. The van der Waals surface area contributed by atoms with Gasteiger partial charge in [0.1, 0.15) is 0 Å². The predicted octanol–water partition coefficient (Wildman–Crippen LogP) is 1.55. The van der Waals surface area contributed by atoms with E-state index in [0.29, 0.717) is 18.4 Å². The average molecular weight is 281 g/mol. The number of carbonyl (C=O) groups excluding carboxylic acids is 1. The van der Waals surface area contributed by atoms with Crippen molar-refractivity contribution in [1.29, 1.82) is 0 Å². The Morgan fingerprint density at radius 1 is 1.20 bits per heavy atom. The fraction of sp³-hybridized carbons (Fsp3) is 0.938. The number of rotatable bonds is 5. The molecular weight excluding hydrogens is 250 g/mol. The summed E-state index contributed by atoms with van der Waals surface area (Å²) in [4.78, 5) is 17.2. The first-order valence-corrected chi connectivity index (χ1v) is 8.33. The summed E-state index contributed by atoms with van der Waals surface area (Å²) in [6, 6.07) is 0. The maximum absolute atomic E-state index is 12.6. The van der Waals surface area contributed by atoms with E-state index in [1.165, 1.54) is 19.4 Å². The van der Waals surface area contributed by atoms with Crippen molar-refractivity contribution < 1.29 is 4.79 Å². The maximum atomic E-state index is 12.6. The first-order valence-electron chi connectivity index (χ1n) is 8.33. The van der Waals surface area contributed by atoms with Gasteiger partial charge in [-0.2, -0.15) is 0 Å². The quantitative estimate of drug-likeness (QED) is 0.832. The summed E-state index contributed by atoms with van der Waals surface area (Å²) in [6.07, 6.45) is 4.62. The molecule has 0 radical (unpaired) electrons. The van der Waals surface area contributed by atoms with Crippen molar-refractivity contribution in [2.24, 2.45) is 23.5 Å². The molecule has 2 unspecified atom stereocenters. The van der Waals surface area contributed by atoms with E-state index >= 15 is 0 Å². The number of nitrogens with zero attached hydrogens (tertiary/aromatic N) is 2. The summed E-state index contributed by atoms with van der Waals surface area (Å²) in [6.45, 7) is 10.3. The maximum Gasteiger partial charge on any atom is 0.226 e. The molecule has 0 aromatic heterocycles. The van der Waals surface area contributed by atoms with Gasteiger partial charge in [0, 0.05) is 32.1 Å². The summed E-state index contributed by atoms with van der Waals surface area (Å²) in [5, 5.41) is 0. The van der Waals surface area contributed by atoms with E-state index < -0.39 is 0 Å². The van der Waals surface area contributed by atoms with E-state index in [-0.39, 0.29) is 5.92 Å². The monoisotopic (exact) mass is 281 g/mol. The van der Waals surface area contributed by atoms with E-state index in [0.717, 1.165) is 44.9 Å². The van der Waals surface area contributed by atoms with Crippen LogP contribution < -0.4 is 5.73 Å². The molecule has 2 atom stereocenters. The van der Waals surface area contributed by atoms with E-state index in [2.05, 4.69) is 23.6 Å². The van der Waals surface area contributed by atoms with Crippen molar-refractivity contribution in [1.82, 2.24) is 9.80 Å². The number of nitrogens with two attached hydrogens (primary N) is 1. The highest BCUT2D eigenvalue weighted by Gasteiger charge is 2.35. The average Bonchev–Trinajstić information content (AvgIpc) is 2.93. The van der Waals surface area contributed by atoms with Gasteiger partial charge in [0.15, 0.2) is 0 Å². The van der Waals surface area contributed by atoms with Crippen LogP contribution in [0.2, 0.25) is 0 Å². The van der Waals surface area contributed by atoms with Crippen LogP contribution in [0.5, 0.6) is 0 Å². The SMILES string of the molecule is CC(C)CCN1CCN(C(=O)C2CCCC2CN)CC1. The second-order valence-corrected chi connectivity index (χ2v) is 6.88. The van der Waals surface area contributed by atoms with Gasteiger partial charge in [-0.1, -0.05) is 20.3 Å². The van der Waals surface area contributed by atoms with Crippen LogP contribution in [-0.4, -0.2) is 55.0 Å². The highest BCUT2D eigenvalue weighted by atomic mass is 16.2. The third kappa shape index (κ3) is 3.95. The summed E-state index contributed by atoms with van der Waals surface area (Å²) in [5.74, 6) is 1.78. The van der Waals surface area contributed by atoms with Crippen LogP contribution in [-0.2, 0) is 4.79 Å². The summed E-state index contributed by atoms with van der Waals surface area (Å²) >= 11 is 0. The molecule has 2 N–H and O–H groups in total. The van der Waals surface area contributed by atoms with E-state index in [1.54, 1.807) is 0 Å². The molecule has 2 aliphatic rings. The molecule has 1 aliphatic heterocycles. The zero-order chi connectivity index (χ0) is 14.5. The minimum Gasteiger partial charge on any atom is -0.340 e. The minimum atomic E-state index is 0.210. The molecular formula is C16H31N3O. The van der Waals surface area contributed by atoms with Gasteiger partial charge in [-0.3, -0.25) is 9.69 Å². The van der Waals surface area contributed by atoms with E-state index in [1.807, 2.05) is 0 Å². The molecule has 4 nitrogen and oxygen atoms in total. The number of carbonyl (C=O) groups is 1. The van der Waals surface area contributed by atoms with Crippen molar-refractivity contribution >= 4 is 5.91 Å². The highest BCUT2D eigenvalue weighted by Crippen LogP contribution is 2.32. The lowest BCUT2D eigenvalue weighted by Gasteiger charge is -2.37. The van der Waals surface area contributed by atoms with Crippen LogP contribution >= 0.6 is 0 Å². The fourth-order valence-corrected chi connectivity index (χ4v) is 3.51. The van der Waals surface area contributed by atoms with Crippen molar-refractivity contribution in [2.45, 2.75) is 39.5 Å². The molecule has 1 heterocycles. The summed E-state index contributed by atoms with van der Waals surface area (Å²) < 4.78 is 0. The van der Waals surface area contributed by atoms with Crippen LogP contribution in [0.25, 0.3) is 0 Å². The molecule has 0 aromatic carbocycles. The Kier molecular flexibility index (Phi) is 5.85. The molecule has 2 fully saturated rings. The molecule has 116 valence electrons. The topological polar surface area (TPSA) is 49.6 Å². The second kappa shape index (κ2) is 7.41. The van der Waals surface area contributed by atoms with Crippen molar-refractivity contribution in [3.8, 4) is 0 Å². The molecule has 0 spiro atoms. The number of piperazine rings is 1. The van der Waals surface area contributed by atoms with Gasteiger partial charge in [-0.05, 0) is 44.2 Å². The minimum absolute atomic E-state index is 0.210. The zero-order valence-corrected chi connectivity index (χ0v) is 13.2. The van der Waals surface area contributed by atoms with E-state index in [9.17, 15) is 4.79 Å². The Bertz CT molecular complexity index is 311. The Hall–Kier alpha value is -0.610. The van der Waals surface area contributed by atoms with Gasteiger partial charge in [-0.15, -0.1) is 0 Å². The first kappa shape index (κ1) is 15.8. The molecule has 20 heavy (non-hydrogen) atoms. The lowest BCUT2D eigenvalue weighted by molar-refractivity contribution is -0.138. The largest absolute Gasteiger partial charge is 0.340 e. The molecule has 1 aliphatic carbocycles. The van der Waals surface area contributed by atoms with Crippen LogP contribution in [0, 0.1) is 17.8 Å². The van der Waals surface area contributed by atoms with Gasteiger partial charge in [0.2, 0.25) is 5.91 Å². The smallest absolute Gasteiger partial charge is 0.226 e. The Labute approximate surface area is 123 Å². The second-order valence-electron chi connectivity index (χ2n) is 6.88. The number of amides is 1. The Morgan fingerprint density at radius 2 is 1.90 bits per heavy atom. The van der Waals surface area contributed by atoms with Gasteiger partial charge < -0.3 is 10.6 Å². The third-order valence-corrected chi connectivity index (χ3v) is 4.99. The van der Waals surface area contributed by atoms with Gasteiger partial charge in [0.05, 0.1) is 0 Å². The van der Waals surface area contributed by atoms with Crippen LogP contribution in [0.1, 0.15) is 39.5 Å². The standard InChI is InChI=1S/C16H31N3O/c1-13(2)6-7-18-8-10-19(11-9-18)16(20)15-5-3-4-14(15)12-17/h13-15H,3-12,17H2,1-2H3. The lowest BCUT2D eigenvalue weighted by atomic mass is 9.94. The Morgan fingerprint density at radius 3 is 2.50 bits per heavy atom. The fourth-order valence-electron chi connectivity index (χ4n) is 3.51. The molecule has 1 saturated carbocycles. The van der Waals surface area contributed by atoms with Crippen molar-refractivity contribution in [3.05, 3.63) is 0 Å². The molecule has 4 heteroatoms. The lowest BCUT2D eigenvalue weighted by Crippen LogP contribution is -2.51. The van der Waals surface area contributed by atoms with Crippen LogP contribution in [0.4, 0.5) is 0 Å². The molecule has 0 aromatic rings. The van der Waals surface area contributed by atoms with Crippen LogP contribution in [0.3, 0.4) is 0 Å². The number of hydrogen-bond acceptors (Lipinski definition) is 3. The Balaban J connectivity index is 1.77. The van der Waals surface area contributed by atoms with Crippen molar-refractivity contribution in [3.63, 3.8) is 0 Å². The van der Waals surface area contributed by atoms with Gasteiger partial charge in [0.25, 0.3) is 0 Å². The normalized spacial score (nSPS) is 28.3.